The molecule has 0 aliphatic rings. The first-order valence-electron chi connectivity index (χ1n) is 5.73. The molecule has 86 valence electrons. The number of rotatable bonds is 8. The Bertz CT molecular complexity index is 132. The van der Waals surface area contributed by atoms with E-state index in [1.165, 1.54) is 32.1 Å². The van der Waals surface area contributed by atoms with Crippen molar-refractivity contribution in [2.75, 3.05) is 12.4 Å². The minimum Gasteiger partial charge on any atom is -0.382 e. The van der Waals surface area contributed by atoms with Gasteiger partial charge in [0.1, 0.15) is 0 Å². The van der Waals surface area contributed by atoms with Crippen LogP contribution >= 0.6 is 15.9 Å². The first kappa shape index (κ1) is 14.4. The lowest BCUT2D eigenvalue weighted by molar-refractivity contribution is 0.0661. The predicted molar refractivity (Wildman–Crippen MR) is 67.1 cm³/mol. The largest absolute Gasteiger partial charge is 0.382 e. The molecule has 0 aromatic rings. The van der Waals surface area contributed by atoms with Crippen LogP contribution in [-0.2, 0) is 4.74 Å². The molecule has 0 aromatic carbocycles. The summed E-state index contributed by atoms with van der Waals surface area (Å²) in [4.78, 5) is 0. The topological polar surface area (TPSA) is 9.23 Å². The average Bonchev–Trinajstić information content (AvgIpc) is 2.24. The van der Waals surface area contributed by atoms with Crippen LogP contribution in [0.3, 0.4) is 0 Å². The van der Waals surface area contributed by atoms with Gasteiger partial charge >= 0.3 is 0 Å². The molecule has 0 heterocycles. The van der Waals surface area contributed by atoms with E-state index >= 15 is 0 Å². The van der Waals surface area contributed by atoms with Crippen molar-refractivity contribution in [1.82, 2.24) is 0 Å². The molecule has 0 amide bonds. The fraction of sp³-hybridized carbons (Fsp3) is 1.00. The summed E-state index contributed by atoms with van der Waals surface area (Å²) in [6.07, 6.45) is 6.73. The quantitative estimate of drug-likeness (QED) is 0.591. The standard InChI is InChI=1S/C12H25BrO/c1-5-7-8-12(6-2,10-13)9-11(3)14-4/h11H,5-10H2,1-4H3. The molecule has 0 aliphatic carbocycles. The van der Waals surface area contributed by atoms with Crippen molar-refractivity contribution >= 4 is 15.9 Å². The monoisotopic (exact) mass is 264 g/mol. The maximum atomic E-state index is 5.37. The van der Waals surface area contributed by atoms with Crippen LogP contribution < -0.4 is 0 Å². The smallest absolute Gasteiger partial charge is 0.0548 e. The van der Waals surface area contributed by atoms with Gasteiger partial charge < -0.3 is 4.74 Å². The van der Waals surface area contributed by atoms with Gasteiger partial charge in [0.2, 0.25) is 0 Å². The lowest BCUT2D eigenvalue weighted by atomic mass is 9.78. The molecule has 0 N–H and O–H groups in total. The number of halogens is 1. The second kappa shape index (κ2) is 7.70. The Morgan fingerprint density at radius 1 is 1.36 bits per heavy atom. The molecule has 1 nitrogen and oxygen atoms in total. The molecule has 0 spiro atoms. The highest BCUT2D eigenvalue weighted by atomic mass is 79.9. The Kier molecular flexibility index (Phi) is 7.94. The van der Waals surface area contributed by atoms with Gasteiger partial charge in [-0.05, 0) is 31.6 Å². The summed E-state index contributed by atoms with van der Waals surface area (Å²) >= 11 is 3.67. The van der Waals surface area contributed by atoms with Crippen LogP contribution in [0.15, 0.2) is 0 Å². The van der Waals surface area contributed by atoms with Crippen LogP contribution in [-0.4, -0.2) is 18.5 Å². The first-order chi connectivity index (χ1) is 6.64. The summed E-state index contributed by atoms with van der Waals surface area (Å²) < 4.78 is 5.37. The van der Waals surface area contributed by atoms with E-state index in [2.05, 4.69) is 36.7 Å². The maximum Gasteiger partial charge on any atom is 0.0548 e. The Morgan fingerprint density at radius 2 is 2.00 bits per heavy atom. The number of unbranched alkanes of at least 4 members (excludes halogenated alkanes) is 1. The van der Waals surface area contributed by atoms with Crippen LogP contribution in [0.4, 0.5) is 0 Å². The van der Waals surface area contributed by atoms with E-state index in [0.717, 1.165) is 5.33 Å². The second-order valence-electron chi connectivity index (χ2n) is 4.34. The van der Waals surface area contributed by atoms with Crippen molar-refractivity contribution in [3.05, 3.63) is 0 Å². The summed E-state index contributed by atoms with van der Waals surface area (Å²) in [6.45, 7) is 6.71. The van der Waals surface area contributed by atoms with Crippen molar-refractivity contribution in [2.45, 2.75) is 59.0 Å². The molecule has 2 heteroatoms. The highest BCUT2D eigenvalue weighted by Gasteiger charge is 2.28. The zero-order chi connectivity index (χ0) is 11.0. The second-order valence-corrected chi connectivity index (χ2v) is 4.90. The Labute approximate surface area is 97.7 Å². The molecule has 0 saturated carbocycles. The molecule has 0 bridgehead atoms. The molecule has 14 heavy (non-hydrogen) atoms. The number of ether oxygens (including phenoxy) is 1. The molecule has 0 aliphatic heterocycles. The van der Waals surface area contributed by atoms with E-state index in [1.54, 1.807) is 7.11 Å². The van der Waals surface area contributed by atoms with Gasteiger partial charge in [0.05, 0.1) is 6.10 Å². The molecule has 2 unspecified atom stereocenters. The van der Waals surface area contributed by atoms with Crippen molar-refractivity contribution < 1.29 is 4.74 Å². The highest BCUT2D eigenvalue weighted by Crippen LogP contribution is 2.36. The van der Waals surface area contributed by atoms with Crippen molar-refractivity contribution in [1.29, 1.82) is 0 Å². The van der Waals surface area contributed by atoms with Gasteiger partial charge in [-0.25, -0.2) is 0 Å². The van der Waals surface area contributed by atoms with Gasteiger partial charge in [0.25, 0.3) is 0 Å². The van der Waals surface area contributed by atoms with Crippen LogP contribution in [0.5, 0.6) is 0 Å². The van der Waals surface area contributed by atoms with Gasteiger partial charge in [0.15, 0.2) is 0 Å². The zero-order valence-corrected chi connectivity index (χ0v) is 11.7. The van der Waals surface area contributed by atoms with Crippen LogP contribution in [0.2, 0.25) is 0 Å². The molecule has 0 saturated heterocycles. The van der Waals surface area contributed by atoms with Crippen molar-refractivity contribution in [3.63, 3.8) is 0 Å². The third kappa shape index (κ3) is 4.79. The van der Waals surface area contributed by atoms with Crippen LogP contribution in [0, 0.1) is 5.41 Å². The van der Waals surface area contributed by atoms with E-state index < -0.39 is 0 Å². The molecule has 0 rings (SSSR count). The van der Waals surface area contributed by atoms with Gasteiger partial charge in [-0.3, -0.25) is 0 Å². The summed E-state index contributed by atoms with van der Waals surface area (Å²) in [5.74, 6) is 0. The summed E-state index contributed by atoms with van der Waals surface area (Å²) in [5.41, 5.74) is 0.450. The normalized spacial score (nSPS) is 17.8. The minimum absolute atomic E-state index is 0.379. The third-order valence-electron chi connectivity index (χ3n) is 3.22. The van der Waals surface area contributed by atoms with E-state index in [-0.39, 0.29) is 0 Å². The fourth-order valence-electron chi connectivity index (χ4n) is 1.88. The van der Waals surface area contributed by atoms with E-state index in [0.29, 0.717) is 11.5 Å². The van der Waals surface area contributed by atoms with E-state index in [1.807, 2.05) is 0 Å². The Morgan fingerprint density at radius 3 is 2.36 bits per heavy atom. The van der Waals surface area contributed by atoms with Gasteiger partial charge in [-0.15, -0.1) is 0 Å². The number of hydrogen-bond acceptors (Lipinski definition) is 1. The Balaban J connectivity index is 4.20. The summed E-state index contributed by atoms with van der Waals surface area (Å²) in [7, 11) is 1.80. The fourth-order valence-corrected chi connectivity index (χ4v) is 2.79. The number of alkyl halides is 1. The van der Waals surface area contributed by atoms with Gasteiger partial charge in [0, 0.05) is 12.4 Å². The SMILES string of the molecule is CCCCC(CC)(CBr)CC(C)OC. The maximum absolute atomic E-state index is 5.37. The van der Waals surface area contributed by atoms with Gasteiger partial charge in [-0.2, -0.15) is 0 Å². The zero-order valence-electron chi connectivity index (χ0n) is 10.1. The van der Waals surface area contributed by atoms with E-state index in [9.17, 15) is 0 Å². The average molecular weight is 265 g/mol. The Hall–Kier alpha value is 0.440. The summed E-state index contributed by atoms with van der Waals surface area (Å²) in [5, 5.41) is 1.10. The van der Waals surface area contributed by atoms with Gasteiger partial charge in [-0.1, -0.05) is 42.6 Å². The third-order valence-corrected chi connectivity index (χ3v) is 4.41. The molecule has 0 aromatic heterocycles. The van der Waals surface area contributed by atoms with Crippen LogP contribution in [0.25, 0.3) is 0 Å². The molecule has 0 fully saturated rings. The number of hydrogen-bond donors (Lipinski definition) is 0. The van der Waals surface area contributed by atoms with Crippen molar-refractivity contribution in [3.8, 4) is 0 Å². The lowest BCUT2D eigenvalue weighted by Gasteiger charge is -2.33. The van der Waals surface area contributed by atoms with Crippen molar-refractivity contribution in [2.24, 2.45) is 5.41 Å². The summed E-state index contributed by atoms with van der Waals surface area (Å²) in [6, 6.07) is 0. The predicted octanol–water partition coefficient (Wildman–Crippen LogP) is 4.39. The lowest BCUT2D eigenvalue weighted by Crippen LogP contribution is -2.27. The first-order valence-corrected chi connectivity index (χ1v) is 6.85. The van der Waals surface area contributed by atoms with E-state index in [4.69, 9.17) is 4.74 Å². The molecule has 0 radical (unpaired) electrons. The number of methoxy groups -OCH3 is 1. The highest BCUT2D eigenvalue weighted by molar-refractivity contribution is 9.09. The molecular formula is C12H25BrO. The molecule has 2 atom stereocenters. The molecular weight excluding hydrogens is 240 g/mol. The minimum atomic E-state index is 0.379. The van der Waals surface area contributed by atoms with Crippen LogP contribution in [0.1, 0.15) is 52.9 Å².